The number of nitrogens with one attached hydrogen (secondary N) is 1. The van der Waals surface area contributed by atoms with Gasteiger partial charge in [0.15, 0.2) is 5.17 Å². The molecule has 1 spiro atoms. The number of carbonyl (C=O) groups excluding carboxylic acids is 3. The minimum absolute atomic E-state index is 0.216. The van der Waals surface area contributed by atoms with E-state index in [0.29, 0.717) is 17.9 Å². The van der Waals surface area contributed by atoms with Crippen molar-refractivity contribution in [2.24, 2.45) is 5.10 Å². The van der Waals surface area contributed by atoms with Crippen LogP contribution in [0.3, 0.4) is 0 Å². The largest absolute Gasteiger partial charge is 0.493 e. The van der Waals surface area contributed by atoms with Gasteiger partial charge in [0.25, 0.3) is 5.91 Å². The van der Waals surface area contributed by atoms with Crippen LogP contribution < -0.4 is 15.0 Å². The number of unbranched alkanes of at least 4 members (excludes halogenated alkanes) is 1. The quantitative estimate of drug-likeness (QED) is 0.634. The summed E-state index contributed by atoms with van der Waals surface area (Å²) in [6.45, 7) is 7.65. The first kappa shape index (κ1) is 23.8. The van der Waals surface area contributed by atoms with E-state index >= 15 is 0 Å². The standard InChI is InChI=1S/C25H28N4O4S/c1-5-6-13-33-22-10-8-7-9-19(22)15-28-21-12-11-16(2)14-20(21)25(23(28)32)29(18(4)31)27-24(34-25)26-17(3)30/h7-12,14H,5-6,13,15H2,1-4H3,(H,26,27,30). The molecule has 0 saturated heterocycles. The highest BCUT2D eigenvalue weighted by atomic mass is 32.2. The second kappa shape index (κ2) is 9.50. The van der Waals surface area contributed by atoms with Crippen LogP contribution in [0.1, 0.15) is 50.3 Å². The summed E-state index contributed by atoms with van der Waals surface area (Å²) in [6.07, 6.45) is 1.96. The lowest BCUT2D eigenvalue weighted by Gasteiger charge is -2.29. The van der Waals surface area contributed by atoms with Crippen molar-refractivity contribution in [3.05, 3.63) is 59.2 Å². The number of ether oxygens (including phenoxy) is 1. The van der Waals surface area contributed by atoms with Crippen LogP contribution in [0.5, 0.6) is 5.75 Å². The number of fused-ring (bicyclic) bond motifs is 2. The summed E-state index contributed by atoms with van der Waals surface area (Å²) in [5.74, 6) is -0.271. The van der Waals surface area contributed by atoms with Gasteiger partial charge in [0.2, 0.25) is 16.7 Å². The molecule has 4 rings (SSSR count). The second-order valence-electron chi connectivity index (χ2n) is 8.38. The highest BCUT2D eigenvalue weighted by Crippen LogP contribution is 2.55. The lowest BCUT2D eigenvalue weighted by molar-refractivity contribution is -0.139. The average Bonchev–Trinajstić information content (AvgIpc) is 3.27. The maximum absolute atomic E-state index is 14.1. The van der Waals surface area contributed by atoms with Gasteiger partial charge in [-0.1, -0.05) is 49.2 Å². The van der Waals surface area contributed by atoms with Crippen LogP contribution in [0.4, 0.5) is 5.69 Å². The number of thioether (sulfide) groups is 1. The number of hydrazone groups is 1. The minimum Gasteiger partial charge on any atom is -0.493 e. The molecule has 2 aliphatic heterocycles. The third kappa shape index (κ3) is 4.16. The summed E-state index contributed by atoms with van der Waals surface area (Å²) >= 11 is 1.08. The molecule has 1 unspecified atom stereocenters. The molecule has 178 valence electrons. The fourth-order valence-electron chi connectivity index (χ4n) is 4.15. The highest BCUT2D eigenvalue weighted by Gasteiger charge is 2.61. The van der Waals surface area contributed by atoms with Crippen molar-refractivity contribution in [3.8, 4) is 5.75 Å². The summed E-state index contributed by atoms with van der Waals surface area (Å²) in [5.41, 5.74) is 3.20. The Bertz CT molecular complexity index is 1180. The molecule has 0 fully saturated rings. The highest BCUT2D eigenvalue weighted by molar-refractivity contribution is 8.15. The predicted molar refractivity (Wildman–Crippen MR) is 132 cm³/mol. The van der Waals surface area contributed by atoms with Crippen molar-refractivity contribution < 1.29 is 19.1 Å². The van der Waals surface area contributed by atoms with Gasteiger partial charge in [-0.3, -0.25) is 14.4 Å². The molecule has 0 bridgehead atoms. The Balaban J connectivity index is 1.76. The summed E-state index contributed by atoms with van der Waals surface area (Å²) in [5, 5.41) is 8.35. The van der Waals surface area contributed by atoms with Crippen LogP contribution in [-0.4, -0.2) is 34.5 Å². The number of anilines is 1. The minimum atomic E-state index is -1.41. The number of hydrogen-bond acceptors (Lipinski definition) is 6. The number of para-hydroxylation sites is 1. The number of hydrogen-bond donors (Lipinski definition) is 1. The van der Waals surface area contributed by atoms with E-state index in [1.165, 1.54) is 18.9 Å². The van der Waals surface area contributed by atoms with E-state index in [-0.39, 0.29) is 29.4 Å². The molecule has 0 saturated carbocycles. The van der Waals surface area contributed by atoms with E-state index in [1.807, 2.05) is 49.4 Å². The van der Waals surface area contributed by atoms with Crippen LogP contribution >= 0.6 is 11.8 Å². The van der Waals surface area contributed by atoms with Gasteiger partial charge in [-0.25, -0.2) is 0 Å². The van der Waals surface area contributed by atoms with Crippen molar-refractivity contribution in [1.29, 1.82) is 0 Å². The molecule has 2 aromatic rings. The Hall–Kier alpha value is -3.33. The Kier molecular flexibility index (Phi) is 6.65. The first-order valence-corrected chi connectivity index (χ1v) is 12.1. The number of rotatable bonds is 6. The maximum Gasteiger partial charge on any atom is 0.271 e. The zero-order valence-electron chi connectivity index (χ0n) is 19.8. The van der Waals surface area contributed by atoms with Crippen molar-refractivity contribution >= 4 is 40.3 Å². The summed E-state index contributed by atoms with van der Waals surface area (Å²) in [7, 11) is 0. The van der Waals surface area contributed by atoms with Crippen LogP contribution in [0.2, 0.25) is 0 Å². The molecule has 2 aliphatic rings. The number of aryl methyl sites for hydroxylation is 1. The van der Waals surface area contributed by atoms with E-state index in [1.54, 1.807) is 4.90 Å². The smallest absolute Gasteiger partial charge is 0.271 e. The molecule has 34 heavy (non-hydrogen) atoms. The van der Waals surface area contributed by atoms with E-state index in [4.69, 9.17) is 4.74 Å². The molecule has 2 heterocycles. The number of carbonyl (C=O) groups is 3. The molecule has 9 heteroatoms. The molecule has 3 amide bonds. The van der Waals surface area contributed by atoms with E-state index in [0.717, 1.165) is 41.5 Å². The van der Waals surface area contributed by atoms with E-state index in [9.17, 15) is 14.4 Å². The molecule has 2 aromatic carbocycles. The Morgan fingerprint density at radius 2 is 1.94 bits per heavy atom. The molecule has 8 nitrogen and oxygen atoms in total. The zero-order chi connectivity index (χ0) is 24.5. The number of nitrogens with zero attached hydrogens (tertiary/aromatic N) is 3. The van der Waals surface area contributed by atoms with Gasteiger partial charge < -0.3 is 15.0 Å². The van der Waals surface area contributed by atoms with Gasteiger partial charge in [-0.2, -0.15) is 5.01 Å². The van der Waals surface area contributed by atoms with Crippen molar-refractivity contribution in [3.63, 3.8) is 0 Å². The first-order chi connectivity index (χ1) is 16.3. The lowest BCUT2D eigenvalue weighted by atomic mass is 10.0. The number of benzene rings is 2. The van der Waals surface area contributed by atoms with Crippen LogP contribution in [-0.2, 0) is 25.8 Å². The van der Waals surface area contributed by atoms with E-state index in [2.05, 4.69) is 17.3 Å². The van der Waals surface area contributed by atoms with Crippen molar-refractivity contribution in [2.75, 3.05) is 11.5 Å². The van der Waals surface area contributed by atoms with Crippen molar-refractivity contribution in [1.82, 2.24) is 10.3 Å². The third-order valence-corrected chi connectivity index (χ3v) is 6.95. The van der Waals surface area contributed by atoms with Gasteiger partial charge in [-0.05, 0) is 37.2 Å². The van der Waals surface area contributed by atoms with Gasteiger partial charge in [0.1, 0.15) is 5.75 Å². The molecule has 1 atom stereocenters. The second-order valence-corrected chi connectivity index (χ2v) is 9.57. The maximum atomic E-state index is 14.1. The molecule has 0 aromatic heterocycles. The fraction of sp³-hybridized carbons (Fsp3) is 0.360. The summed E-state index contributed by atoms with van der Waals surface area (Å²) in [4.78, 5) is 38.7. The molecular weight excluding hydrogens is 452 g/mol. The average molecular weight is 481 g/mol. The molecule has 1 N–H and O–H groups in total. The first-order valence-electron chi connectivity index (χ1n) is 11.3. The topological polar surface area (TPSA) is 91.3 Å². The van der Waals surface area contributed by atoms with Crippen LogP contribution in [0, 0.1) is 6.92 Å². The number of amidine groups is 1. The molecule has 0 radical (unpaired) electrons. The van der Waals surface area contributed by atoms with Crippen LogP contribution in [0.25, 0.3) is 0 Å². The van der Waals surface area contributed by atoms with E-state index < -0.39 is 4.87 Å². The summed E-state index contributed by atoms with van der Waals surface area (Å²) in [6, 6.07) is 13.4. The predicted octanol–water partition coefficient (Wildman–Crippen LogP) is 3.88. The van der Waals surface area contributed by atoms with Crippen molar-refractivity contribution in [2.45, 2.75) is 52.0 Å². The Morgan fingerprint density at radius 3 is 2.65 bits per heavy atom. The summed E-state index contributed by atoms with van der Waals surface area (Å²) < 4.78 is 5.99. The SMILES string of the molecule is CCCCOc1ccccc1CN1C(=O)C2(SC(NC(C)=O)=NN2C(C)=O)c2cc(C)ccc21. The Labute approximate surface area is 203 Å². The van der Waals surface area contributed by atoms with Gasteiger partial charge in [0, 0.05) is 25.0 Å². The molecular formula is C25H28N4O4S. The lowest BCUT2D eigenvalue weighted by Crippen LogP contribution is -2.48. The normalized spacial score (nSPS) is 18.8. The third-order valence-electron chi connectivity index (χ3n) is 5.71. The fourth-order valence-corrected chi connectivity index (χ4v) is 5.48. The van der Waals surface area contributed by atoms with Gasteiger partial charge in [0.05, 0.1) is 18.8 Å². The van der Waals surface area contributed by atoms with Gasteiger partial charge >= 0.3 is 0 Å². The Morgan fingerprint density at radius 1 is 1.18 bits per heavy atom. The van der Waals surface area contributed by atoms with Gasteiger partial charge in [-0.15, -0.1) is 5.10 Å². The molecule has 0 aliphatic carbocycles. The monoisotopic (exact) mass is 480 g/mol. The number of amides is 3. The van der Waals surface area contributed by atoms with Crippen LogP contribution in [0.15, 0.2) is 47.6 Å². The zero-order valence-corrected chi connectivity index (χ0v) is 20.6.